The van der Waals surface area contributed by atoms with Crippen molar-refractivity contribution in [2.24, 2.45) is 7.05 Å². The molecule has 0 spiro atoms. The fourth-order valence-corrected chi connectivity index (χ4v) is 4.71. The first-order valence-electron chi connectivity index (χ1n) is 14.3. The van der Waals surface area contributed by atoms with Gasteiger partial charge in [-0.2, -0.15) is 0 Å². The minimum Gasteiger partial charge on any atom is -0.490 e. The number of benzene rings is 4. The van der Waals surface area contributed by atoms with Gasteiger partial charge in [0.05, 0.1) is 5.56 Å². The van der Waals surface area contributed by atoms with Gasteiger partial charge in [0.15, 0.2) is 6.20 Å². The zero-order chi connectivity index (χ0) is 29.1. The molecule has 5 nitrogen and oxygen atoms in total. The SMILES string of the molecule is CCN(CC)c1ccc(/C=C/c2cc[n+](C)c(-c3ccccc3OB(Oc3ccccc3)Oc3ccccc3)c2)cc1. The van der Waals surface area contributed by atoms with Crippen LogP contribution in [0.1, 0.15) is 25.0 Å². The van der Waals surface area contributed by atoms with Crippen molar-refractivity contribution in [1.82, 2.24) is 0 Å². The van der Waals surface area contributed by atoms with Gasteiger partial charge in [-0.1, -0.05) is 72.8 Å². The number of aryl methyl sites for hydroxylation is 1. The van der Waals surface area contributed by atoms with Gasteiger partial charge < -0.3 is 18.9 Å². The van der Waals surface area contributed by atoms with Crippen LogP contribution in [0.5, 0.6) is 17.2 Å². The van der Waals surface area contributed by atoms with E-state index in [2.05, 4.69) is 78.1 Å². The van der Waals surface area contributed by atoms with Crippen LogP contribution in [0, 0.1) is 0 Å². The minimum atomic E-state index is -0.997. The minimum absolute atomic E-state index is 0.651. The van der Waals surface area contributed by atoms with Crippen molar-refractivity contribution in [2.45, 2.75) is 13.8 Å². The fraction of sp³-hybridized carbons (Fsp3) is 0.139. The largest absolute Gasteiger partial charge is 0.864 e. The normalized spacial score (nSPS) is 10.8. The zero-order valence-corrected chi connectivity index (χ0v) is 24.4. The maximum atomic E-state index is 6.40. The molecule has 0 fully saturated rings. The summed E-state index contributed by atoms with van der Waals surface area (Å²) in [5, 5.41) is 0. The van der Waals surface area contributed by atoms with Crippen molar-refractivity contribution < 1.29 is 18.5 Å². The van der Waals surface area contributed by atoms with Gasteiger partial charge in [-0.25, -0.2) is 4.57 Å². The molecule has 1 aromatic heterocycles. The number of hydrogen-bond acceptors (Lipinski definition) is 4. The van der Waals surface area contributed by atoms with Gasteiger partial charge in [0.2, 0.25) is 5.69 Å². The lowest BCUT2D eigenvalue weighted by Gasteiger charge is -2.20. The molecule has 0 bridgehead atoms. The number of anilines is 1. The number of hydrogen-bond donors (Lipinski definition) is 0. The van der Waals surface area contributed by atoms with Crippen LogP contribution < -0.4 is 23.4 Å². The first-order chi connectivity index (χ1) is 20.6. The van der Waals surface area contributed by atoms with E-state index in [-0.39, 0.29) is 0 Å². The molecule has 0 atom stereocenters. The third-order valence-electron chi connectivity index (χ3n) is 7.00. The van der Waals surface area contributed by atoms with Gasteiger partial charge in [0, 0.05) is 30.9 Å². The molecule has 0 unspecified atom stereocenters. The summed E-state index contributed by atoms with van der Waals surface area (Å²) in [7, 11) is 1.04. The Morgan fingerprint density at radius 3 is 1.83 bits per heavy atom. The number of nitrogens with zero attached hydrogens (tertiary/aromatic N) is 2. The molecule has 0 aliphatic carbocycles. The van der Waals surface area contributed by atoms with Crippen LogP contribution in [0.25, 0.3) is 23.4 Å². The van der Waals surface area contributed by atoms with Gasteiger partial charge in [-0.05, 0) is 73.5 Å². The van der Waals surface area contributed by atoms with Crippen LogP contribution in [0.3, 0.4) is 0 Å². The lowest BCUT2D eigenvalue weighted by atomic mass is 10.1. The molecule has 6 heteroatoms. The number of pyridine rings is 1. The monoisotopic (exact) mass is 555 g/mol. The average molecular weight is 556 g/mol. The lowest BCUT2D eigenvalue weighted by Crippen LogP contribution is -2.37. The van der Waals surface area contributed by atoms with Crippen molar-refractivity contribution in [3.05, 3.63) is 139 Å². The van der Waals surface area contributed by atoms with Crippen molar-refractivity contribution in [2.75, 3.05) is 18.0 Å². The maximum absolute atomic E-state index is 6.40. The molecule has 5 aromatic rings. The summed E-state index contributed by atoms with van der Waals surface area (Å²) in [5.41, 5.74) is 5.42. The van der Waals surface area contributed by atoms with E-state index in [4.69, 9.17) is 14.0 Å². The molecule has 42 heavy (non-hydrogen) atoms. The van der Waals surface area contributed by atoms with Crippen LogP contribution in [0.15, 0.2) is 128 Å². The first kappa shape index (κ1) is 28.6. The van der Waals surface area contributed by atoms with Gasteiger partial charge in [0.25, 0.3) is 0 Å². The highest BCUT2D eigenvalue weighted by atomic mass is 16.7. The summed E-state index contributed by atoms with van der Waals surface area (Å²) in [6.45, 7) is 6.36. The highest BCUT2D eigenvalue weighted by Crippen LogP contribution is 2.30. The van der Waals surface area contributed by atoms with E-state index in [0.717, 1.165) is 35.5 Å². The summed E-state index contributed by atoms with van der Waals surface area (Å²) < 4.78 is 20.7. The smallest absolute Gasteiger partial charge is 0.490 e. The van der Waals surface area contributed by atoms with E-state index in [1.165, 1.54) is 5.69 Å². The Kier molecular flexibility index (Phi) is 9.58. The van der Waals surface area contributed by atoms with Crippen LogP contribution in [-0.2, 0) is 7.05 Å². The van der Waals surface area contributed by atoms with E-state index >= 15 is 0 Å². The van der Waals surface area contributed by atoms with E-state index in [9.17, 15) is 0 Å². The molecule has 0 radical (unpaired) electrons. The quantitative estimate of drug-likeness (QED) is 0.117. The molecule has 1 heterocycles. The third kappa shape index (κ3) is 7.40. The predicted molar refractivity (Wildman–Crippen MR) is 173 cm³/mol. The van der Waals surface area contributed by atoms with E-state index in [0.29, 0.717) is 17.2 Å². The fourth-order valence-electron chi connectivity index (χ4n) is 4.71. The molecular weight excluding hydrogens is 519 g/mol. The van der Waals surface area contributed by atoms with Crippen molar-refractivity contribution >= 4 is 25.2 Å². The van der Waals surface area contributed by atoms with Gasteiger partial charge in [-0.15, -0.1) is 0 Å². The molecule has 5 rings (SSSR count). The Bertz CT molecular complexity index is 1550. The highest BCUT2D eigenvalue weighted by molar-refractivity contribution is 6.39. The molecular formula is C36H36BN2O3+. The number of para-hydroxylation sites is 3. The Labute approximate surface area is 249 Å². The molecule has 0 N–H and O–H groups in total. The highest BCUT2D eigenvalue weighted by Gasteiger charge is 2.32. The summed E-state index contributed by atoms with van der Waals surface area (Å²) >= 11 is 0. The van der Waals surface area contributed by atoms with Crippen LogP contribution in [0.2, 0.25) is 0 Å². The number of aromatic nitrogens is 1. The van der Waals surface area contributed by atoms with E-state index in [1.54, 1.807) is 0 Å². The second kappa shape index (κ2) is 14.1. The Balaban J connectivity index is 1.40. The van der Waals surface area contributed by atoms with Crippen LogP contribution >= 0.6 is 0 Å². The van der Waals surface area contributed by atoms with Crippen molar-refractivity contribution in [3.63, 3.8) is 0 Å². The molecule has 0 amide bonds. The summed E-state index contributed by atoms with van der Waals surface area (Å²) in [4.78, 5) is 2.34. The molecule has 4 aromatic carbocycles. The standard InChI is InChI=1S/C36H36BN2O3/c1-4-39(5-2)31-24-22-29(23-25-31)20-21-30-26-27-38(3)35(28-30)34-18-12-13-19-36(34)42-37(40-32-14-8-6-9-15-32)41-33-16-10-7-11-17-33/h6-28H,4-5H2,1-3H3/q+1. The van der Waals surface area contributed by atoms with E-state index in [1.807, 2.05) is 92.0 Å². The zero-order valence-electron chi connectivity index (χ0n) is 24.4. The van der Waals surface area contributed by atoms with Gasteiger partial charge >= 0.3 is 7.32 Å². The number of rotatable bonds is 12. The van der Waals surface area contributed by atoms with Gasteiger partial charge in [0.1, 0.15) is 24.3 Å². The predicted octanol–water partition coefficient (Wildman–Crippen LogP) is 7.72. The summed E-state index contributed by atoms with van der Waals surface area (Å²) in [6, 6.07) is 40.0. The molecule has 0 saturated heterocycles. The van der Waals surface area contributed by atoms with Gasteiger partial charge in [-0.3, -0.25) is 0 Å². The lowest BCUT2D eigenvalue weighted by molar-refractivity contribution is -0.660. The Hall–Kier alpha value is -4.97. The first-order valence-corrected chi connectivity index (χ1v) is 14.3. The Morgan fingerprint density at radius 2 is 1.21 bits per heavy atom. The second-order valence-corrected chi connectivity index (χ2v) is 9.82. The van der Waals surface area contributed by atoms with Crippen LogP contribution in [-0.4, -0.2) is 20.4 Å². The summed E-state index contributed by atoms with van der Waals surface area (Å²) in [5.74, 6) is 1.95. The Morgan fingerprint density at radius 1 is 0.643 bits per heavy atom. The second-order valence-electron chi connectivity index (χ2n) is 9.82. The summed E-state index contributed by atoms with van der Waals surface area (Å²) in [6.07, 6.45) is 6.35. The van der Waals surface area contributed by atoms with E-state index < -0.39 is 7.32 Å². The molecule has 0 aliphatic rings. The van der Waals surface area contributed by atoms with Crippen molar-refractivity contribution in [3.8, 4) is 28.5 Å². The molecule has 0 saturated carbocycles. The average Bonchev–Trinajstić information content (AvgIpc) is 3.03. The van der Waals surface area contributed by atoms with Crippen LogP contribution in [0.4, 0.5) is 5.69 Å². The topological polar surface area (TPSA) is 34.8 Å². The maximum Gasteiger partial charge on any atom is 0.864 e. The molecule has 0 aliphatic heterocycles. The third-order valence-corrected chi connectivity index (χ3v) is 7.00. The van der Waals surface area contributed by atoms with Crippen molar-refractivity contribution in [1.29, 1.82) is 0 Å². The molecule has 210 valence electrons.